The predicted molar refractivity (Wildman–Crippen MR) is 135 cm³/mol. The molecule has 3 N–H and O–H groups in total. The molecule has 5 rings (SSSR count). The van der Waals surface area contributed by atoms with Crippen molar-refractivity contribution < 1.29 is 9.18 Å². The molecule has 1 amide bonds. The molecule has 0 radical (unpaired) electrons. The van der Waals surface area contributed by atoms with E-state index >= 15 is 0 Å². The molecule has 8 nitrogen and oxygen atoms in total. The summed E-state index contributed by atoms with van der Waals surface area (Å²) in [4.78, 5) is 29.0. The smallest absolute Gasteiger partial charge is 0.274 e. The van der Waals surface area contributed by atoms with Gasteiger partial charge in [-0.05, 0) is 56.5 Å². The highest BCUT2D eigenvalue weighted by Crippen LogP contribution is 2.38. The van der Waals surface area contributed by atoms with Crippen molar-refractivity contribution in [2.75, 3.05) is 23.3 Å². The van der Waals surface area contributed by atoms with Gasteiger partial charge in [-0.1, -0.05) is 12.1 Å². The van der Waals surface area contributed by atoms with E-state index in [-0.39, 0.29) is 23.1 Å². The lowest BCUT2D eigenvalue weighted by Crippen LogP contribution is -2.36. The van der Waals surface area contributed by atoms with Crippen molar-refractivity contribution in [3.63, 3.8) is 0 Å². The first-order valence-electron chi connectivity index (χ1n) is 11.7. The summed E-state index contributed by atoms with van der Waals surface area (Å²) in [6.07, 6.45) is 3.48. The number of anilines is 2. The second-order valence-corrected chi connectivity index (χ2v) is 8.92. The van der Waals surface area contributed by atoms with Crippen molar-refractivity contribution in [2.45, 2.75) is 32.7 Å². The van der Waals surface area contributed by atoms with Crippen LogP contribution in [0.2, 0.25) is 0 Å². The van der Waals surface area contributed by atoms with Gasteiger partial charge in [-0.15, -0.1) is 0 Å². The molecule has 0 saturated carbocycles. The van der Waals surface area contributed by atoms with Gasteiger partial charge in [0.1, 0.15) is 22.9 Å². The third-order valence-corrected chi connectivity index (χ3v) is 6.77. The van der Waals surface area contributed by atoms with Gasteiger partial charge in [0, 0.05) is 32.4 Å². The van der Waals surface area contributed by atoms with E-state index in [0.717, 1.165) is 41.9 Å². The van der Waals surface area contributed by atoms with Crippen LogP contribution in [0.1, 0.15) is 34.7 Å². The maximum atomic E-state index is 14.5. The van der Waals surface area contributed by atoms with Crippen molar-refractivity contribution >= 4 is 28.3 Å². The summed E-state index contributed by atoms with van der Waals surface area (Å²) in [5, 5.41) is 3.02. The summed E-state index contributed by atoms with van der Waals surface area (Å²) in [5.74, 6) is 0.225. The average Bonchev–Trinajstić information content (AvgIpc) is 3.43. The van der Waals surface area contributed by atoms with E-state index in [4.69, 9.17) is 10.7 Å². The van der Waals surface area contributed by atoms with E-state index in [2.05, 4.69) is 20.2 Å². The molecule has 2 aromatic carbocycles. The van der Waals surface area contributed by atoms with Crippen LogP contribution in [-0.2, 0) is 7.05 Å². The number of carbonyl (C=O) groups excluding carboxylic acids is 1. The summed E-state index contributed by atoms with van der Waals surface area (Å²) in [6.45, 7) is 5.10. The van der Waals surface area contributed by atoms with E-state index in [1.807, 2.05) is 30.7 Å². The van der Waals surface area contributed by atoms with Crippen molar-refractivity contribution in [3.8, 4) is 11.4 Å². The first-order chi connectivity index (χ1) is 16.9. The molecule has 3 heterocycles. The zero-order valence-electron chi connectivity index (χ0n) is 20.0. The Morgan fingerprint density at radius 2 is 2.03 bits per heavy atom. The zero-order valence-corrected chi connectivity index (χ0v) is 20.0. The molecular weight excluding hydrogens is 445 g/mol. The second kappa shape index (κ2) is 9.07. The van der Waals surface area contributed by atoms with Crippen LogP contribution < -0.4 is 16.0 Å². The minimum absolute atomic E-state index is 0.151. The molecule has 4 aromatic rings. The van der Waals surface area contributed by atoms with Crippen LogP contribution in [-0.4, -0.2) is 44.6 Å². The fourth-order valence-corrected chi connectivity index (χ4v) is 4.83. The van der Waals surface area contributed by atoms with E-state index in [1.165, 1.54) is 18.3 Å². The van der Waals surface area contributed by atoms with Crippen LogP contribution in [0.3, 0.4) is 0 Å². The van der Waals surface area contributed by atoms with Gasteiger partial charge >= 0.3 is 0 Å². The Labute approximate surface area is 203 Å². The lowest BCUT2D eigenvalue weighted by Gasteiger charge is -2.28. The van der Waals surface area contributed by atoms with Crippen molar-refractivity contribution in [1.82, 2.24) is 19.5 Å². The third-order valence-electron chi connectivity index (χ3n) is 6.77. The van der Waals surface area contributed by atoms with Crippen LogP contribution in [0.25, 0.3) is 22.4 Å². The Bertz CT molecular complexity index is 1410. The third kappa shape index (κ3) is 4.01. The number of rotatable bonds is 5. The molecule has 0 bridgehead atoms. The number of halogens is 1. The first kappa shape index (κ1) is 22.9. The second-order valence-electron chi connectivity index (χ2n) is 8.92. The Kier molecular flexibility index (Phi) is 5.94. The lowest BCUT2D eigenvalue weighted by molar-refractivity contribution is 0.102. The SMILES string of the molecule is Cc1cccc(F)c1-c1nccc(C(=O)Nc2ccc3c(nc(C)n3C)c2N2CCCC2CN)n1. The highest BCUT2D eigenvalue weighted by molar-refractivity contribution is 6.08. The quantitative estimate of drug-likeness (QED) is 0.455. The molecule has 9 heteroatoms. The number of amides is 1. The predicted octanol–water partition coefficient (Wildman–Crippen LogP) is 3.97. The van der Waals surface area contributed by atoms with Gasteiger partial charge in [-0.25, -0.2) is 19.3 Å². The van der Waals surface area contributed by atoms with Gasteiger partial charge in [0.2, 0.25) is 0 Å². The summed E-state index contributed by atoms with van der Waals surface area (Å²) in [7, 11) is 1.98. The minimum atomic E-state index is -0.428. The Balaban J connectivity index is 1.55. The lowest BCUT2D eigenvalue weighted by atomic mass is 10.1. The molecule has 1 atom stereocenters. The Morgan fingerprint density at radius 3 is 2.80 bits per heavy atom. The molecule has 0 spiro atoms. The van der Waals surface area contributed by atoms with Crippen LogP contribution in [0.5, 0.6) is 0 Å². The normalized spacial score (nSPS) is 15.7. The van der Waals surface area contributed by atoms with Gasteiger partial charge in [0.15, 0.2) is 5.82 Å². The maximum Gasteiger partial charge on any atom is 0.274 e. The molecule has 180 valence electrons. The molecule has 0 aliphatic carbocycles. The largest absolute Gasteiger partial charge is 0.364 e. The van der Waals surface area contributed by atoms with Gasteiger partial charge in [-0.3, -0.25) is 4.79 Å². The monoisotopic (exact) mass is 473 g/mol. The highest BCUT2D eigenvalue weighted by Gasteiger charge is 2.29. The maximum absolute atomic E-state index is 14.5. The molecule has 1 fully saturated rings. The standard InChI is InChI=1S/C26H28FN7O/c1-15-6-4-8-18(27)22(15)25-29-12-11-20(31-25)26(35)32-19-9-10-21-23(30-16(2)33(21)3)24(19)34-13-5-7-17(34)14-28/h4,6,8-12,17H,5,7,13-14,28H2,1-3H3,(H,32,35). The van der Waals surface area contributed by atoms with E-state index in [0.29, 0.717) is 17.8 Å². The number of nitrogens with two attached hydrogens (primary N) is 1. The van der Waals surface area contributed by atoms with E-state index in [1.54, 1.807) is 19.1 Å². The number of fused-ring (bicyclic) bond motifs is 1. The molecule has 1 aliphatic rings. The minimum Gasteiger partial charge on any atom is -0.364 e. The average molecular weight is 474 g/mol. The number of aryl methyl sites for hydroxylation is 3. The number of carbonyl (C=O) groups is 1. The van der Waals surface area contributed by atoms with Crippen LogP contribution in [0.15, 0.2) is 42.6 Å². The number of nitrogens with one attached hydrogen (secondary N) is 1. The molecular formula is C26H28FN7O. The molecule has 35 heavy (non-hydrogen) atoms. The summed E-state index contributed by atoms with van der Waals surface area (Å²) in [5.41, 5.74) is 10.5. The van der Waals surface area contributed by atoms with Crippen molar-refractivity contribution in [1.29, 1.82) is 0 Å². The number of hydrogen-bond donors (Lipinski definition) is 2. The fraction of sp³-hybridized carbons (Fsp3) is 0.308. The Hall–Kier alpha value is -3.85. The number of aromatic nitrogens is 4. The van der Waals surface area contributed by atoms with Gasteiger partial charge in [0.25, 0.3) is 5.91 Å². The zero-order chi connectivity index (χ0) is 24.7. The van der Waals surface area contributed by atoms with Crippen LogP contribution in [0.4, 0.5) is 15.8 Å². The van der Waals surface area contributed by atoms with Gasteiger partial charge in [-0.2, -0.15) is 0 Å². The van der Waals surface area contributed by atoms with E-state index < -0.39 is 11.7 Å². The van der Waals surface area contributed by atoms with Crippen LogP contribution in [0, 0.1) is 19.7 Å². The Morgan fingerprint density at radius 1 is 1.20 bits per heavy atom. The highest BCUT2D eigenvalue weighted by atomic mass is 19.1. The van der Waals surface area contributed by atoms with Gasteiger partial charge < -0.3 is 20.5 Å². The number of imidazole rings is 1. The molecule has 2 aromatic heterocycles. The molecule has 1 saturated heterocycles. The topological polar surface area (TPSA) is 102 Å². The number of nitrogens with zero attached hydrogens (tertiary/aromatic N) is 5. The van der Waals surface area contributed by atoms with Crippen LogP contribution >= 0.6 is 0 Å². The molecule has 1 unspecified atom stereocenters. The first-order valence-corrected chi connectivity index (χ1v) is 11.7. The summed E-state index contributed by atoms with van der Waals surface area (Å²) in [6, 6.07) is 10.3. The number of benzene rings is 2. The van der Waals surface area contributed by atoms with E-state index in [9.17, 15) is 9.18 Å². The van der Waals surface area contributed by atoms with Gasteiger partial charge in [0.05, 0.1) is 22.5 Å². The summed E-state index contributed by atoms with van der Waals surface area (Å²) < 4.78 is 16.5. The van der Waals surface area contributed by atoms with Crippen molar-refractivity contribution in [3.05, 3.63) is 65.5 Å². The number of hydrogen-bond acceptors (Lipinski definition) is 6. The molecule has 1 aliphatic heterocycles. The fourth-order valence-electron chi connectivity index (χ4n) is 4.83. The summed E-state index contributed by atoms with van der Waals surface area (Å²) >= 11 is 0. The van der Waals surface area contributed by atoms with Crippen molar-refractivity contribution in [2.24, 2.45) is 12.8 Å².